The molecule has 0 unspecified atom stereocenters. The Balaban J connectivity index is 1.36. The molecule has 6 heteroatoms. The fraction of sp³-hybridized carbons (Fsp3) is 0.400. The van der Waals surface area contributed by atoms with Crippen molar-refractivity contribution in [2.24, 2.45) is 0 Å². The Morgan fingerprint density at radius 3 is 2.65 bits per heavy atom. The quantitative estimate of drug-likeness (QED) is 0.726. The van der Waals surface area contributed by atoms with Crippen molar-refractivity contribution in [3.8, 4) is 0 Å². The zero-order valence-corrected chi connectivity index (χ0v) is 15.2. The first kappa shape index (κ1) is 15.5. The van der Waals surface area contributed by atoms with Gasteiger partial charge in [0.05, 0.1) is 17.4 Å². The predicted octanol–water partition coefficient (Wildman–Crippen LogP) is 2.54. The van der Waals surface area contributed by atoms with Crippen LogP contribution in [0.1, 0.15) is 23.4 Å². The van der Waals surface area contributed by atoms with Crippen LogP contribution in [-0.4, -0.2) is 46.6 Å². The molecule has 2 aromatic heterocycles. The van der Waals surface area contributed by atoms with Crippen molar-refractivity contribution in [1.29, 1.82) is 0 Å². The minimum atomic E-state index is 0.408. The van der Waals surface area contributed by atoms with Gasteiger partial charge in [-0.05, 0) is 37.8 Å². The van der Waals surface area contributed by atoms with E-state index in [1.54, 1.807) is 0 Å². The van der Waals surface area contributed by atoms with Crippen LogP contribution in [0.2, 0.25) is 0 Å². The second kappa shape index (κ2) is 5.90. The van der Waals surface area contributed by atoms with Gasteiger partial charge in [0.25, 0.3) is 0 Å². The monoisotopic (exact) mass is 346 g/mol. The van der Waals surface area contributed by atoms with Crippen molar-refractivity contribution >= 4 is 22.4 Å². The lowest BCUT2D eigenvalue weighted by molar-refractivity contribution is 0.487. The molecule has 6 nitrogen and oxygen atoms in total. The lowest BCUT2D eigenvalue weighted by atomic mass is 10.1. The number of rotatable bonds is 3. The number of likely N-dealkylation sites (N-methyl/N-ethyl adjacent to an activating group) is 1. The number of nitrogens with zero attached hydrogens (tertiary/aromatic N) is 6. The van der Waals surface area contributed by atoms with Gasteiger partial charge in [-0.2, -0.15) is 10.2 Å². The predicted molar refractivity (Wildman–Crippen MR) is 103 cm³/mol. The molecular weight excluding hydrogens is 324 g/mol. The first-order valence-electron chi connectivity index (χ1n) is 9.26. The third-order valence-electron chi connectivity index (χ3n) is 5.73. The second-order valence-electron chi connectivity index (χ2n) is 7.35. The summed E-state index contributed by atoms with van der Waals surface area (Å²) in [5.41, 5.74) is 3.54. The molecule has 1 fully saturated rings. The van der Waals surface area contributed by atoms with E-state index in [2.05, 4.69) is 67.6 Å². The average Bonchev–Trinajstić information content (AvgIpc) is 3.09. The molecule has 0 saturated carbocycles. The van der Waals surface area contributed by atoms with E-state index in [1.165, 1.54) is 28.5 Å². The van der Waals surface area contributed by atoms with Crippen LogP contribution in [0, 0.1) is 6.92 Å². The Bertz CT molecular complexity index is 979. The standard InChI is InChI=1S/C20H22N6/c1-13-16-7-3-4-8-17(16)20(24-21-13)25(2)15-11-26(12-15)19-10-14-6-5-9-18(14)22-23-19/h3-4,7-8,10,15H,5-6,9,11-12H2,1-2H3. The van der Waals surface area contributed by atoms with Crippen LogP contribution in [-0.2, 0) is 12.8 Å². The van der Waals surface area contributed by atoms with Gasteiger partial charge in [-0.25, -0.2) is 0 Å². The van der Waals surface area contributed by atoms with Crippen LogP contribution in [0.5, 0.6) is 0 Å². The Labute approximate surface area is 152 Å². The summed E-state index contributed by atoms with van der Waals surface area (Å²) in [6.07, 6.45) is 3.42. The number of hydrogen-bond donors (Lipinski definition) is 0. The Morgan fingerprint density at radius 2 is 1.81 bits per heavy atom. The molecule has 2 aliphatic rings. The molecular formula is C20H22N6. The Kier molecular flexibility index (Phi) is 3.51. The lowest BCUT2D eigenvalue weighted by Crippen LogP contribution is -2.59. The SMILES string of the molecule is Cc1nnc(N(C)C2CN(c3cc4c(nn3)CCC4)C2)c2ccccc12. The molecule has 0 atom stereocenters. The van der Waals surface area contributed by atoms with Gasteiger partial charge in [0.1, 0.15) is 0 Å². The molecule has 3 aromatic rings. The van der Waals surface area contributed by atoms with E-state index in [0.29, 0.717) is 6.04 Å². The molecule has 1 aromatic carbocycles. The molecule has 0 amide bonds. The van der Waals surface area contributed by atoms with Gasteiger partial charge in [-0.3, -0.25) is 0 Å². The van der Waals surface area contributed by atoms with Gasteiger partial charge in [0, 0.05) is 30.9 Å². The third-order valence-corrected chi connectivity index (χ3v) is 5.73. The summed E-state index contributed by atoms with van der Waals surface area (Å²) in [6.45, 7) is 3.89. The van der Waals surface area contributed by atoms with E-state index < -0.39 is 0 Å². The van der Waals surface area contributed by atoms with Crippen LogP contribution in [0.3, 0.4) is 0 Å². The molecule has 3 heterocycles. The van der Waals surface area contributed by atoms with Gasteiger partial charge in [-0.1, -0.05) is 24.3 Å². The Morgan fingerprint density at radius 1 is 1.00 bits per heavy atom. The molecule has 5 rings (SSSR count). The van der Waals surface area contributed by atoms with Crippen LogP contribution < -0.4 is 9.80 Å². The number of fused-ring (bicyclic) bond motifs is 2. The largest absolute Gasteiger partial charge is 0.351 e. The Hall–Kier alpha value is -2.76. The van der Waals surface area contributed by atoms with Crippen molar-refractivity contribution < 1.29 is 0 Å². The summed E-state index contributed by atoms with van der Waals surface area (Å²) in [4.78, 5) is 4.56. The number of anilines is 2. The summed E-state index contributed by atoms with van der Waals surface area (Å²) in [7, 11) is 2.11. The number of benzene rings is 1. The molecule has 132 valence electrons. The van der Waals surface area contributed by atoms with Crippen molar-refractivity contribution in [3.63, 3.8) is 0 Å². The highest BCUT2D eigenvalue weighted by Gasteiger charge is 2.33. The van der Waals surface area contributed by atoms with Crippen molar-refractivity contribution in [1.82, 2.24) is 20.4 Å². The molecule has 0 bridgehead atoms. The molecule has 1 aliphatic heterocycles. The van der Waals surface area contributed by atoms with Gasteiger partial charge in [-0.15, -0.1) is 10.2 Å². The molecule has 0 radical (unpaired) electrons. The smallest absolute Gasteiger partial charge is 0.159 e. The molecule has 1 aliphatic carbocycles. The van der Waals surface area contributed by atoms with E-state index in [-0.39, 0.29) is 0 Å². The maximum atomic E-state index is 4.48. The minimum Gasteiger partial charge on any atom is -0.351 e. The van der Waals surface area contributed by atoms with Crippen molar-refractivity contribution in [2.75, 3.05) is 29.9 Å². The number of hydrogen-bond acceptors (Lipinski definition) is 6. The van der Waals surface area contributed by atoms with Crippen LogP contribution in [0.4, 0.5) is 11.6 Å². The zero-order valence-electron chi connectivity index (χ0n) is 15.2. The highest BCUT2D eigenvalue weighted by Crippen LogP contribution is 2.30. The van der Waals surface area contributed by atoms with Gasteiger partial charge >= 0.3 is 0 Å². The first-order valence-corrected chi connectivity index (χ1v) is 9.26. The van der Waals surface area contributed by atoms with Crippen molar-refractivity contribution in [3.05, 3.63) is 47.3 Å². The molecule has 26 heavy (non-hydrogen) atoms. The molecule has 1 saturated heterocycles. The van der Waals surface area contributed by atoms with Crippen LogP contribution in [0.15, 0.2) is 30.3 Å². The average molecular weight is 346 g/mol. The molecule has 0 spiro atoms. The summed E-state index contributed by atoms with van der Waals surface area (Å²) in [5.74, 6) is 1.96. The van der Waals surface area contributed by atoms with E-state index in [0.717, 1.165) is 43.3 Å². The summed E-state index contributed by atoms with van der Waals surface area (Å²) in [6, 6.07) is 11.0. The fourth-order valence-electron chi connectivity index (χ4n) is 4.02. The van der Waals surface area contributed by atoms with E-state index in [9.17, 15) is 0 Å². The van der Waals surface area contributed by atoms with Crippen molar-refractivity contribution in [2.45, 2.75) is 32.2 Å². The maximum absolute atomic E-state index is 4.48. The number of aryl methyl sites for hydroxylation is 3. The normalized spacial score (nSPS) is 16.6. The zero-order chi connectivity index (χ0) is 17.7. The second-order valence-corrected chi connectivity index (χ2v) is 7.35. The minimum absolute atomic E-state index is 0.408. The first-order chi connectivity index (χ1) is 12.7. The van der Waals surface area contributed by atoms with E-state index >= 15 is 0 Å². The van der Waals surface area contributed by atoms with Gasteiger partial charge in [0.15, 0.2) is 11.6 Å². The van der Waals surface area contributed by atoms with Gasteiger partial charge in [0.2, 0.25) is 0 Å². The topological polar surface area (TPSA) is 58.0 Å². The van der Waals surface area contributed by atoms with Crippen LogP contribution >= 0.6 is 0 Å². The van der Waals surface area contributed by atoms with Crippen LogP contribution in [0.25, 0.3) is 10.8 Å². The van der Waals surface area contributed by atoms with Gasteiger partial charge < -0.3 is 9.80 Å². The number of aromatic nitrogens is 4. The van der Waals surface area contributed by atoms with E-state index in [1.807, 2.05) is 6.92 Å². The molecule has 0 N–H and O–H groups in total. The maximum Gasteiger partial charge on any atom is 0.159 e. The highest BCUT2D eigenvalue weighted by molar-refractivity contribution is 5.93. The summed E-state index contributed by atoms with van der Waals surface area (Å²) in [5, 5.41) is 20.0. The summed E-state index contributed by atoms with van der Waals surface area (Å²) < 4.78 is 0. The van der Waals surface area contributed by atoms with E-state index in [4.69, 9.17) is 0 Å². The summed E-state index contributed by atoms with van der Waals surface area (Å²) >= 11 is 0. The lowest BCUT2D eigenvalue weighted by Gasteiger charge is -2.45. The highest BCUT2D eigenvalue weighted by atomic mass is 15.4. The fourth-order valence-corrected chi connectivity index (χ4v) is 4.02. The third kappa shape index (κ3) is 2.40.